The lowest BCUT2D eigenvalue weighted by molar-refractivity contribution is 0.274. The maximum Gasteiger partial charge on any atom is 0.214 e. The maximum atomic E-state index is 11.9. The molecule has 0 bridgehead atoms. The number of nitrogens with one attached hydrogen (secondary N) is 1. The molecular formula is C9H21N3O4S2. The summed E-state index contributed by atoms with van der Waals surface area (Å²) in [5.74, 6) is 0.104. The number of nitrogens with zero attached hydrogens (tertiary/aromatic N) is 2. The zero-order valence-electron chi connectivity index (χ0n) is 10.8. The van der Waals surface area contributed by atoms with Crippen LogP contribution < -0.4 is 5.32 Å². The Morgan fingerprint density at radius 1 is 1.00 bits per heavy atom. The first kappa shape index (κ1) is 15.8. The number of rotatable bonds is 6. The second kappa shape index (κ2) is 6.29. The quantitative estimate of drug-likeness (QED) is 0.603. The molecule has 1 fully saturated rings. The van der Waals surface area contributed by atoms with E-state index in [2.05, 4.69) is 5.32 Å². The van der Waals surface area contributed by atoms with E-state index >= 15 is 0 Å². The summed E-state index contributed by atoms with van der Waals surface area (Å²) >= 11 is 0. The van der Waals surface area contributed by atoms with Crippen molar-refractivity contribution in [3.05, 3.63) is 0 Å². The van der Waals surface area contributed by atoms with Gasteiger partial charge < -0.3 is 5.32 Å². The third kappa shape index (κ3) is 4.47. The molecule has 0 spiro atoms. The zero-order valence-corrected chi connectivity index (χ0v) is 12.4. The molecule has 0 aromatic carbocycles. The smallest absolute Gasteiger partial charge is 0.214 e. The molecule has 1 aliphatic rings. The van der Waals surface area contributed by atoms with Crippen LogP contribution in [0.25, 0.3) is 0 Å². The van der Waals surface area contributed by atoms with Crippen LogP contribution in [0.2, 0.25) is 0 Å². The lowest BCUT2D eigenvalue weighted by Crippen LogP contribution is -2.50. The highest BCUT2D eigenvalue weighted by atomic mass is 32.2. The van der Waals surface area contributed by atoms with Gasteiger partial charge in [-0.15, -0.1) is 0 Å². The minimum absolute atomic E-state index is 0.104. The topological polar surface area (TPSA) is 86.8 Å². The fraction of sp³-hybridized carbons (Fsp3) is 1.00. The van der Waals surface area contributed by atoms with E-state index in [-0.39, 0.29) is 31.9 Å². The molecule has 1 aliphatic heterocycles. The molecular weight excluding hydrogens is 278 g/mol. The van der Waals surface area contributed by atoms with Gasteiger partial charge in [-0.1, -0.05) is 0 Å². The van der Waals surface area contributed by atoms with Crippen molar-refractivity contribution in [2.24, 2.45) is 0 Å². The third-order valence-corrected chi connectivity index (χ3v) is 6.15. The van der Waals surface area contributed by atoms with Gasteiger partial charge in [-0.05, 0) is 20.0 Å². The van der Waals surface area contributed by atoms with E-state index in [0.717, 1.165) is 6.26 Å². The Kier molecular flexibility index (Phi) is 5.53. The Balaban J connectivity index is 2.52. The van der Waals surface area contributed by atoms with Gasteiger partial charge in [-0.2, -0.15) is 8.61 Å². The van der Waals surface area contributed by atoms with Gasteiger partial charge in [0.05, 0.1) is 12.0 Å². The highest BCUT2D eigenvalue weighted by molar-refractivity contribution is 7.89. The van der Waals surface area contributed by atoms with Crippen molar-refractivity contribution < 1.29 is 16.8 Å². The van der Waals surface area contributed by atoms with Crippen LogP contribution >= 0.6 is 0 Å². The van der Waals surface area contributed by atoms with Gasteiger partial charge in [0.1, 0.15) is 0 Å². The molecule has 0 aromatic rings. The van der Waals surface area contributed by atoms with Crippen molar-refractivity contribution in [3.8, 4) is 0 Å². The average molecular weight is 299 g/mol. The van der Waals surface area contributed by atoms with Crippen LogP contribution in [-0.4, -0.2) is 77.2 Å². The number of hydrogen-bond donors (Lipinski definition) is 1. The first-order valence-electron chi connectivity index (χ1n) is 5.85. The summed E-state index contributed by atoms with van der Waals surface area (Å²) in [4.78, 5) is 0. The fourth-order valence-corrected chi connectivity index (χ4v) is 4.15. The Morgan fingerprint density at radius 3 is 1.94 bits per heavy atom. The van der Waals surface area contributed by atoms with E-state index in [0.29, 0.717) is 13.0 Å². The molecule has 7 nitrogen and oxygen atoms in total. The van der Waals surface area contributed by atoms with E-state index in [9.17, 15) is 16.8 Å². The predicted octanol–water partition coefficient (Wildman–Crippen LogP) is -1.50. The van der Waals surface area contributed by atoms with Crippen molar-refractivity contribution >= 4 is 20.0 Å². The summed E-state index contributed by atoms with van der Waals surface area (Å²) in [7, 11) is -4.69. The summed E-state index contributed by atoms with van der Waals surface area (Å²) in [5.41, 5.74) is 0. The Bertz CT molecular complexity index is 452. The van der Waals surface area contributed by atoms with Crippen molar-refractivity contribution in [1.29, 1.82) is 0 Å². The minimum Gasteiger partial charge on any atom is -0.320 e. The number of piperazine rings is 1. The van der Waals surface area contributed by atoms with E-state index < -0.39 is 20.0 Å². The van der Waals surface area contributed by atoms with Crippen LogP contribution in [0.5, 0.6) is 0 Å². The van der Waals surface area contributed by atoms with E-state index in [4.69, 9.17) is 0 Å². The molecule has 0 aliphatic carbocycles. The van der Waals surface area contributed by atoms with Gasteiger partial charge in [0.15, 0.2) is 0 Å². The van der Waals surface area contributed by atoms with Crippen LogP contribution in [0.15, 0.2) is 0 Å². The summed E-state index contributed by atoms with van der Waals surface area (Å²) in [6.07, 6.45) is 1.70. The van der Waals surface area contributed by atoms with Crippen LogP contribution in [0.1, 0.15) is 6.42 Å². The summed E-state index contributed by atoms with van der Waals surface area (Å²) in [6.45, 7) is 1.63. The number of sulfonamides is 2. The number of hydrogen-bond acceptors (Lipinski definition) is 5. The van der Waals surface area contributed by atoms with Gasteiger partial charge in [0.25, 0.3) is 0 Å². The first-order valence-corrected chi connectivity index (χ1v) is 9.30. The summed E-state index contributed by atoms with van der Waals surface area (Å²) in [6, 6.07) is 0. The van der Waals surface area contributed by atoms with Crippen LogP contribution in [-0.2, 0) is 20.0 Å². The maximum absolute atomic E-state index is 11.9. The standard InChI is InChI=1S/C9H21N3O4S2/c1-10-4-3-9-18(15,16)12-7-5-11(6-8-12)17(2,13)14/h10H,3-9H2,1-2H3. The van der Waals surface area contributed by atoms with Gasteiger partial charge in [-0.25, -0.2) is 16.8 Å². The molecule has 0 unspecified atom stereocenters. The summed E-state index contributed by atoms with van der Waals surface area (Å²) in [5, 5.41) is 2.90. The molecule has 18 heavy (non-hydrogen) atoms. The molecule has 0 atom stereocenters. The molecule has 0 amide bonds. The molecule has 108 valence electrons. The molecule has 1 heterocycles. The molecule has 1 N–H and O–H groups in total. The Hall–Kier alpha value is -0.220. The molecule has 1 rings (SSSR count). The van der Waals surface area contributed by atoms with E-state index in [1.165, 1.54) is 8.61 Å². The minimum atomic E-state index is -3.25. The third-order valence-electron chi connectivity index (χ3n) is 2.89. The lowest BCUT2D eigenvalue weighted by Gasteiger charge is -2.32. The highest BCUT2D eigenvalue weighted by Crippen LogP contribution is 2.11. The second-order valence-electron chi connectivity index (χ2n) is 4.33. The Morgan fingerprint density at radius 2 is 1.50 bits per heavy atom. The molecule has 0 aromatic heterocycles. The van der Waals surface area contributed by atoms with Crippen molar-refractivity contribution in [2.75, 3.05) is 51.8 Å². The predicted molar refractivity (Wildman–Crippen MR) is 70.3 cm³/mol. The van der Waals surface area contributed by atoms with Crippen LogP contribution in [0, 0.1) is 0 Å². The normalized spacial score (nSPS) is 20.1. The van der Waals surface area contributed by atoms with Crippen LogP contribution in [0.4, 0.5) is 0 Å². The van der Waals surface area contributed by atoms with E-state index in [1.54, 1.807) is 7.05 Å². The van der Waals surface area contributed by atoms with Crippen molar-refractivity contribution in [3.63, 3.8) is 0 Å². The fourth-order valence-electron chi connectivity index (χ4n) is 1.84. The molecule has 9 heteroatoms. The first-order chi connectivity index (χ1) is 8.27. The largest absolute Gasteiger partial charge is 0.320 e. The molecule has 1 saturated heterocycles. The average Bonchev–Trinajstić information content (AvgIpc) is 2.28. The highest BCUT2D eigenvalue weighted by Gasteiger charge is 2.29. The van der Waals surface area contributed by atoms with Crippen molar-refractivity contribution in [1.82, 2.24) is 13.9 Å². The van der Waals surface area contributed by atoms with E-state index in [1.807, 2.05) is 0 Å². The van der Waals surface area contributed by atoms with Gasteiger partial charge in [0.2, 0.25) is 20.0 Å². The van der Waals surface area contributed by atoms with Gasteiger partial charge >= 0.3 is 0 Å². The SMILES string of the molecule is CNCCCS(=O)(=O)N1CCN(S(C)(=O)=O)CC1. The van der Waals surface area contributed by atoms with Crippen LogP contribution in [0.3, 0.4) is 0 Å². The lowest BCUT2D eigenvalue weighted by atomic mass is 10.4. The second-order valence-corrected chi connectivity index (χ2v) is 8.41. The molecule has 0 saturated carbocycles. The molecule has 0 radical (unpaired) electrons. The Labute approximate surface area is 109 Å². The summed E-state index contributed by atoms with van der Waals surface area (Å²) < 4.78 is 49.2. The van der Waals surface area contributed by atoms with Gasteiger partial charge in [0, 0.05) is 26.2 Å². The zero-order chi connectivity index (χ0) is 13.8. The van der Waals surface area contributed by atoms with Crippen molar-refractivity contribution in [2.45, 2.75) is 6.42 Å². The monoisotopic (exact) mass is 299 g/mol. The van der Waals surface area contributed by atoms with Gasteiger partial charge in [-0.3, -0.25) is 0 Å².